The van der Waals surface area contributed by atoms with Crippen LogP contribution in [0, 0.1) is 17.6 Å². The van der Waals surface area contributed by atoms with Crippen molar-refractivity contribution in [3.63, 3.8) is 0 Å². The zero-order valence-corrected chi connectivity index (χ0v) is 11.9. The van der Waals surface area contributed by atoms with Gasteiger partial charge in [0.2, 0.25) is 0 Å². The lowest BCUT2D eigenvalue weighted by Crippen LogP contribution is -2.38. The number of rotatable bonds is 3. The van der Waals surface area contributed by atoms with Gasteiger partial charge in [0, 0.05) is 11.0 Å². The van der Waals surface area contributed by atoms with Crippen molar-refractivity contribution in [2.24, 2.45) is 5.92 Å². The van der Waals surface area contributed by atoms with Gasteiger partial charge in [0.25, 0.3) is 5.91 Å². The Morgan fingerprint density at radius 3 is 2.84 bits per heavy atom. The number of halogens is 3. The van der Waals surface area contributed by atoms with Crippen LogP contribution in [0.5, 0.6) is 0 Å². The molecule has 1 aliphatic rings. The van der Waals surface area contributed by atoms with Crippen LogP contribution < -0.4 is 10.6 Å². The minimum absolute atomic E-state index is 0.114. The lowest BCUT2D eigenvalue weighted by Gasteiger charge is -2.23. The number of benzene rings is 1. The summed E-state index contributed by atoms with van der Waals surface area (Å²) in [6.45, 7) is 2.43. The molecule has 1 aromatic carbocycles. The van der Waals surface area contributed by atoms with Gasteiger partial charge in [0.05, 0.1) is 5.56 Å². The molecule has 6 heteroatoms. The van der Waals surface area contributed by atoms with Gasteiger partial charge in [0.1, 0.15) is 0 Å². The molecule has 1 aromatic rings. The van der Waals surface area contributed by atoms with E-state index in [2.05, 4.69) is 26.6 Å². The monoisotopic (exact) mass is 332 g/mol. The minimum atomic E-state index is -1.02. The Kier molecular flexibility index (Phi) is 4.87. The van der Waals surface area contributed by atoms with E-state index in [1.165, 1.54) is 0 Å². The molecule has 0 bridgehead atoms. The molecule has 0 aliphatic carbocycles. The standard InChI is InChI=1S/C13H15BrF2N2O/c14-10-5-12(16)11(15)4-9(10)13(19)18-7-8-2-1-3-17-6-8/h4-5,8,17H,1-3,6-7H2,(H,18,19). The Labute approximate surface area is 118 Å². The highest BCUT2D eigenvalue weighted by atomic mass is 79.9. The SMILES string of the molecule is O=C(NCC1CCCNC1)c1cc(F)c(F)cc1Br. The van der Waals surface area contributed by atoms with E-state index < -0.39 is 17.5 Å². The highest BCUT2D eigenvalue weighted by molar-refractivity contribution is 9.10. The van der Waals surface area contributed by atoms with Crippen LogP contribution in [0.3, 0.4) is 0 Å². The molecule has 0 radical (unpaired) electrons. The summed E-state index contributed by atoms with van der Waals surface area (Å²) in [5.74, 6) is -1.99. The maximum atomic E-state index is 13.1. The topological polar surface area (TPSA) is 41.1 Å². The molecular weight excluding hydrogens is 318 g/mol. The van der Waals surface area contributed by atoms with Crippen molar-refractivity contribution < 1.29 is 13.6 Å². The van der Waals surface area contributed by atoms with Crippen molar-refractivity contribution in [3.05, 3.63) is 33.8 Å². The van der Waals surface area contributed by atoms with Crippen molar-refractivity contribution in [1.82, 2.24) is 10.6 Å². The van der Waals surface area contributed by atoms with Crippen LogP contribution in [0.4, 0.5) is 8.78 Å². The van der Waals surface area contributed by atoms with Gasteiger partial charge in [0.15, 0.2) is 11.6 Å². The summed E-state index contributed by atoms with van der Waals surface area (Å²) < 4.78 is 26.3. The van der Waals surface area contributed by atoms with E-state index in [1.54, 1.807) is 0 Å². The first-order valence-electron chi connectivity index (χ1n) is 6.21. The molecule has 1 heterocycles. The first-order valence-corrected chi connectivity index (χ1v) is 7.00. The highest BCUT2D eigenvalue weighted by Gasteiger charge is 2.17. The number of hydrogen-bond acceptors (Lipinski definition) is 2. The third-order valence-corrected chi connectivity index (χ3v) is 3.86. The Hall–Kier alpha value is -1.01. The maximum absolute atomic E-state index is 13.1. The Morgan fingerprint density at radius 2 is 2.16 bits per heavy atom. The van der Waals surface area contributed by atoms with Crippen LogP contribution >= 0.6 is 15.9 Å². The number of piperidine rings is 1. The number of carbonyl (C=O) groups is 1. The van der Waals surface area contributed by atoms with E-state index >= 15 is 0 Å². The van der Waals surface area contributed by atoms with Crippen LogP contribution in [0.15, 0.2) is 16.6 Å². The van der Waals surface area contributed by atoms with Crippen LogP contribution in [0.2, 0.25) is 0 Å². The zero-order valence-electron chi connectivity index (χ0n) is 10.3. The van der Waals surface area contributed by atoms with Gasteiger partial charge in [-0.1, -0.05) is 0 Å². The summed E-state index contributed by atoms with van der Waals surface area (Å²) in [6, 6.07) is 1.88. The van der Waals surface area contributed by atoms with Gasteiger partial charge in [-0.3, -0.25) is 4.79 Å². The summed E-state index contributed by atoms with van der Waals surface area (Å²) in [7, 11) is 0. The fraction of sp³-hybridized carbons (Fsp3) is 0.462. The lowest BCUT2D eigenvalue weighted by atomic mass is 9.99. The fourth-order valence-electron chi connectivity index (χ4n) is 2.13. The average Bonchev–Trinajstić information content (AvgIpc) is 2.41. The second-order valence-electron chi connectivity index (χ2n) is 4.67. The number of nitrogens with one attached hydrogen (secondary N) is 2. The van der Waals surface area contributed by atoms with Crippen molar-refractivity contribution in [3.8, 4) is 0 Å². The predicted molar refractivity (Wildman–Crippen MR) is 72.0 cm³/mol. The molecule has 1 aliphatic heterocycles. The molecule has 0 aromatic heterocycles. The normalized spacial score (nSPS) is 19.2. The summed E-state index contributed by atoms with van der Waals surface area (Å²) in [5, 5.41) is 6.01. The first kappa shape index (κ1) is 14.4. The van der Waals surface area contributed by atoms with Crippen molar-refractivity contribution in [2.45, 2.75) is 12.8 Å². The van der Waals surface area contributed by atoms with Gasteiger partial charge in [-0.05, 0) is 59.9 Å². The van der Waals surface area contributed by atoms with Gasteiger partial charge >= 0.3 is 0 Å². The van der Waals surface area contributed by atoms with E-state index in [4.69, 9.17) is 0 Å². The Bertz CT molecular complexity index is 476. The molecule has 104 valence electrons. The Balaban J connectivity index is 1.97. The molecule has 0 saturated carbocycles. The predicted octanol–water partition coefficient (Wildman–Crippen LogP) is 2.46. The summed E-state index contributed by atoms with van der Waals surface area (Å²) in [5.41, 5.74) is 0.114. The van der Waals surface area contributed by atoms with E-state index in [0.717, 1.165) is 38.1 Å². The number of carbonyl (C=O) groups excluding carboxylic acids is 1. The fourth-order valence-corrected chi connectivity index (χ4v) is 2.62. The summed E-state index contributed by atoms with van der Waals surface area (Å²) >= 11 is 3.07. The van der Waals surface area contributed by atoms with E-state index in [1.807, 2.05) is 0 Å². The highest BCUT2D eigenvalue weighted by Crippen LogP contribution is 2.20. The number of hydrogen-bond donors (Lipinski definition) is 2. The molecular formula is C13H15BrF2N2O. The van der Waals surface area contributed by atoms with Gasteiger partial charge < -0.3 is 10.6 Å². The smallest absolute Gasteiger partial charge is 0.252 e. The van der Waals surface area contributed by atoms with E-state index in [-0.39, 0.29) is 10.0 Å². The largest absolute Gasteiger partial charge is 0.352 e. The molecule has 2 N–H and O–H groups in total. The van der Waals surface area contributed by atoms with Crippen LogP contribution in [-0.4, -0.2) is 25.5 Å². The summed E-state index contributed by atoms with van der Waals surface area (Å²) in [4.78, 5) is 11.9. The zero-order chi connectivity index (χ0) is 13.8. The minimum Gasteiger partial charge on any atom is -0.352 e. The molecule has 1 saturated heterocycles. The van der Waals surface area contributed by atoms with Gasteiger partial charge in [-0.15, -0.1) is 0 Å². The molecule has 2 rings (SSSR count). The molecule has 19 heavy (non-hydrogen) atoms. The second-order valence-corrected chi connectivity index (χ2v) is 5.52. The maximum Gasteiger partial charge on any atom is 0.252 e. The number of amides is 1. The van der Waals surface area contributed by atoms with Crippen molar-refractivity contribution >= 4 is 21.8 Å². The lowest BCUT2D eigenvalue weighted by molar-refractivity contribution is 0.0943. The van der Waals surface area contributed by atoms with Crippen molar-refractivity contribution in [2.75, 3.05) is 19.6 Å². The van der Waals surface area contributed by atoms with Crippen LogP contribution in [-0.2, 0) is 0 Å². The quantitative estimate of drug-likeness (QED) is 0.835. The molecule has 1 unspecified atom stereocenters. The molecule has 0 spiro atoms. The van der Waals surface area contributed by atoms with Gasteiger partial charge in [-0.2, -0.15) is 0 Å². The molecule has 3 nitrogen and oxygen atoms in total. The second kappa shape index (κ2) is 6.43. The van der Waals surface area contributed by atoms with E-state index in [0.29, 0.717) is 12.5 Å². The van der Waals surface area contributed by atoms with E-state index in [9.17, 15) is 13.6 Å². The van der Waals surface area contributed by atoms with Crippen molar-refractivity contribution in [1.29, 1.82) is 0 Å². The Morgan fingerprint density at radius 1 is 1.42 bits per heavy atom. The molecule has 1 fully saturated rings. The van der Waals surface area contributed by atoms with Crippen LogP contribution in [0.25, 0.3) is 0 Å². The van der Waals surface area contributed by atoms with Crippen LogP contribution in [0.1, 0.15) is 23.2 Å². The van der Waals surface area contributed by atoms with Gasteiger partial charge in [-0.25, -0.2) is 8.78 Å². The molecule has 1 amide bonds. The third kappa shape index (κ3) is 3.73. The first-order chi connectivity index (χ1) is 9.08. The molecule has 1 atom stereocenters. The average molecular weight is 333 g/mol. The third-order valence-electron chi connectivity index (χ3n) is 3.20. The summed E-state index contributed by atoms with van der Waals surface area (Å²) in [6.07, 6.45) is 2.15.